The first-order valence-electron chi connectivity index (χ1n) is 13.0. The molecule has 0 radical (unpaired) electrons. The van der Waals surface area contributed by atoms with E-state index in [2.05, 4.69) is 15.1 Å². The van der Waals surface area contributed by atoms with Crippen LogP contribution in [0.3, 0.4) is 0 Å². The fourth-order valence-corrected chi connectivity index (χ4v) is 4.37. The van der Waals surface area contributed by atoms with Gasteiger partial charge in [0.1, 0.15) is 5.82 Å². The number of H-pyrrole nitrogens is 1. The van der Waals surface area contributed by atoms with Gasteiger partial charge in [0.2, 0.25) is 0 Å². The molecule has 1 aromatic heterocycles. The molecule has 1 aliphatic rings. The lowest BCUT2D eigenvalue weighted by Gasteiger charge is -2.36. The highest BCUT2D eigenvalue weighted by Crippen LogP contribution is 2.22. The van der Waals surface area contributed by atoms with E-state index in [-0.39, 0.29) is 17.0 Å². The highest BCUT2D eigenvalue weighted by Gasteiger charge is 2.24. The van der Waals surface area contributed by atoms with Gasteiger partial charge in [-0.3, -0.25) is 9.59 Å². The second-order valence-corrected chi connectivity index (χ2v) is 9.63. The van der Waals surface area contributed by atoms with Crippen molar-refractivity contribution in [2.75, 3.05) is 49.3 Å². The molecule has 2 heterocycles. The van der Waals surface area contributed by atoms with Crippen molar-refractivity contribution in [2.45, 2.75) is 20.3 Å². The average molecular weight is 550 g/mol. The monoisotopic (exact) mass is 549 g/mol. The molecule has 9 heteroatoms. The van der Waals surface area contributed by atoms with Gasteiger partial charge in [-0.15, -0.1) is 0 Å². The van der Waals surface area contributed by atoms with Gasteiger partial charge in [0.05, 0.1) is 16.6 Å². The van der Waals surface area contributed by atoms with Crippen LogP contribution in [-0.2, 0) is 6.42 Å². The Kier molecular flexibility index (Phi) is 10.9. The Labute approximate surface area is 233 Å². The number of hydrogen-bond donors (Lipinski definition) is 2. The number of nitrogens with zero attached hydrogens (tertiary/aromatic N) is 3. The second-order valence-electron chi connectivity index (χ2n) is 8.82. The Bertz CT molecular complexity index is 1430. The van der Waals surface area contributed by atoms with Crippen molar-refractivity contribution in [1.29, 1.82) is 0 Å². The fourth-order valence-electron chi connectivity index (χ4n) is 4.37. The van der Waals surface area contributed by atoms with Crippen molar-refractivity contribution < 1.29 is 9.18 Å². The lowest BCUT2D eigenvalue weighted by molar-refractivity contribution is 0.0742. The highest BCUT2D eigenvalue weighted by molar-refractivity contribution is 7.97. The summed E-state index contributed by atoms with van der Waals surface area (Å²) in [6.07, 6.45) is 4.45. The summed E-state index contributed by atoms with van der Waals surface area (Å²) in [6, 6.07) is 19.4. The first kappa shape index (κ1) is 29.7. The lowest BCUT2D eigenvalue weighted by Crippen LogP contribution is -2.49. The van der Waals surface area contributed by atoms with Crippen molar-refractivity contribution in [3.05, 3.63) is 99.7 Å². The van der Waals surface area contributed by atoms with Crippen LogP contribution in [0.1, 0.15) is 35.5 Å². The van der Waals surface area contributed by atoms with Gasteiger partial charge in [0.15, 0.2) is 0 Å². The Morgan fingerprint density at radius 3 is 2.23 bits per heavy atom. The predicted octanol–water partition coefficient (Wildman–Crippen LogP) is 5.20. The zero-order valence-corrected chi connectivity index (χ0v) is 23.7. The molecule has 3 N–H and O–H groups in total. The van der Waals surface area contributed by atoms with Crippen LogP contribution in [0.5, 0.6) is 0 Å². The molecule has 0 saturated carbocycles. The summed E-state index contributed by atoms with van der Waals surface area (Å²) in [5.41, 5.74) is 8.72. The van der Waals surface area contributed by atoms with E-state index in [9.17, 15) is 14.0 Å². The topological polar surface area (TPSA) is 95.3 Å². The van der Waals surface area contributed by atoms with E-state index >= 15 is 0 Å². The molecular weight excluding hydrogens is 513 g/mol. The van der Waals surface area contributed by atoms with Crippen molar-refractivity contribution in [3.63, 3.8) is 0 Å². The standard InChI is InChI=1S/C26H24FN5O2.C2H6S.C2H6/c27-23-10-5-17(16-24-20-3-1-2-4-21(20)25(33)30-29-24)15-22(23)26(34)32-13-11-31(12-14-32)19-8-6-18(28)7-9-19;1-3-2;1-2/h1-10,15H,11-14,16,28H2,(H,30,33);1-2H3;1-2H3. The maximum Gasteiger partial charge on any atom is 0.272 e. The Morgan fingerprint density at radius 1 is 0.974 bits per heavy atom. The molecule has 39 heavy (non-hydrogen) atoms. The van der Waals surface area contributed by atoms with Crippen LogP contribution in [0.4, 0.5) is 15.8 Å². The largest absolute Gasteiger partial charge is 0.399 e. The summed E-state index contributed by atoms with van der Waals surface area (Å²) in [6.45, 7) is 6.31. The van der Waals surface area contributed by atoms with Crippen LogP contribution in [0.15, 0.2) is 71.5 Å². The van der Waals surface area contributed by atoms with Gasteiger partial charge in [-0.2, -0.15) is 16.9 Å². The van der Waals surface area contributed by atoms with E-state index in [0.717, 1.165) is 16.6 Å². The highest BCUT2D eigenvalue weighted by atomic mass is 32.2. The van der Waals surface area contributed by atoms with Crippen LogP contribution < -0.4 is 16.2 Å². The van der Waals surface area contributed by atoms with Gasteiger partial charge in [-0.25, -0.2) is 9.49 Å². The molecule has 206 valence electrons. The summed E-state index contributed by atoms with van der Waals surface area (Å²) >= 11 is 1.75. The zero-order chi connectivity index (χ0) is 28.4. The Hall–Kier alpha value is -3.85. The van der Waals surface area contributed by atoms with Gasteiger partial charge in [0, 0.05) is 49.4 Å². The first-order chi connectivity index (χ1) is 18.9. The first-order valence-corrected chi connectivity index (χ1v) is 14.6. The minimum Gasteiger partial charge on any atom is -0.399 e. The normalized spacial score (nSPS) is 12.7. The van der Waals surface area contributed by atoms with Crippen LogP contribution in [0.25, 0.3) is 10.8 Å². The maximum absolute atomic E-state index is 14.7. The molecule has 0 atom stereocenters. The third kappa shape index (κ3) is 7.38. The van der Waals surface area contributed by atoms with E-state index in [0.29, 0.717) is 49.4 Å². The molecule has 0 unspecified atom stereocenters. The summed E-state index contributed by atoms with van der Waals surface area (Å²) in [5.74, 6) is -0.871. The number of benzene rings is 3. The minimum absolute atomic E-state index is 0.0483. The maximum atomic E-state index is 14.7. The number of aromatic amines is 1. The number of thioether (sulfide) groups is 1. The SMILES string of the molecule is CC.CSC.Nc1ccc(N2CCN(C(=O)c3cc(Cc4n[nH]c(=O)c5ccccc45)ccc3F)CC2)cc1. The fraction of sp³-hybridized carbons (Fsp3) is 0.300. The van der Waals surface area contributed by atoms with Crippen LogP contribution >= 0.6 is 11.8 Å². The number of piperazine rings is 1. The molecule has 1 aliphatic heterocycles. The van der Waals surface area contributed by atoms with E-state index < -0.39 is 5.82 Å². The number of halogens is 1. The average Bonchev–Trinajstić information content (AvgIpc) is 2.97. The van der Waals surface area contributed by atoms with E-state index in [1.165, 1.54) is 6.07 Å². The Morgan fingerprint density at radius 2 is 1.59 bits per heavy atom. The summed E-state index contributed by atoms with van der Waals surface area (Å²) in [4.78, 5) is 29.1. The molecular formula is C30H36FN5O2S. The third-order valence-electron chi connectivity index (χ3n) is 6.23. The summed E-state index contributed by atoms with van der Waals surface area (Å²) < 4.78 is 14.7. The number of nitrogen functional groups attached to an aromatic ring is 1. The van der Waals surface area contributed by atoms with Crippen molar-refractivity contribution in [2.24, 2.45) is 0 Å². The van der Waals surface area contributed by atoms with Crippen LogP contribution in [0.2, 0.25) is 0 Å². The minimum atomic E-state index is -0.547. The molecule has 1 amide bonds. The zero-order valence-electron chi connectivity index (χ0n) is 22.9. The number of rotatable bonds is 4. The second kappa shape index (κ2) is 14.3. The quantitative estimate of drug-likeness (QED) is 0.340. The van der Waals surface area contributed by atoms with E-state index in [1.54, 1.807) is 40.9 Å². The predicted molar refractivity (Wildman–Crippen MR) is 161 cm³/mol. The number of amides is 1. The number of carbonyl (C=O) groups is 1. The number of nitrogens with two attached hydrogens (primary N) is 1. The number of aromatic nitrogens is 2. The molecule has 4 aromatic rings. The Balaban J connectivity index is 0.000000787. The van der Waals surface area contributed by atoms with Gasteiger partial charge >= 0.3 is 0 Å². The van der Waals surface area contributed by atoms with Crippen molar-refractivity contribution in [1.82, 2.24) is 15.1 Å². The molecule has 7 nitrogen and oxygen atoms in total. The number of hydrogen-bond acceptors (Lipinski definition) is 6. The van der Waals surface area contributed by atoms with E-state index in [4.69, 9.17) is 5.73 Å². The summed E-state index contributed by atoms with van der Waals surface area (Å²) in [7, 11) is 0. The number of fused-ring (bicyclic) bond motifs is 1. The van der Waals surface area contributed by atoms with Gasteiger partial charge in [-0.05, 0) is 60.5 Å². The number of carbonyl (C=O) groups excluding carboxylic acids is 1. The molecule has 1 saturated heterocycles. The van der Waals surface area contributed by atoms with Gasteiger partial charge in [-0.1, -0.05) is 38.1 Å². The van der Waals surface area contributed by atoms with Crippen molar-refractivity contribution in [3.8, 4) is 0 Å². The van der Waals surface area contributed by atoms with E-state index in [1.807, 2.05) is 62.8 Å². The molecule has 0 bridgehead atoms. The van der Waals surface area contributed by atoms with Gasteiger partial charge in [0.25, 0.3) is 11.5 Å². The van der Waals surface area contributed by atoms with Crippen LogP contribution in [-0.4, -0.2) is 59.7 Å². The van der Waals surface area contributed by atoms with Gasteiger partial charge < -0.3 is 15.5 Å². The van der Waals surface area contributed by atoms with Crippen LogP contribution in [0, 0.1) is 5.82 Å². The molecule has 3 aromatic carbocycles. The molecule has 5 rings (SSSR count). The third-order valence-corrected chi connectivity index (χ3v) is 6.23. The number of anilines is 2. The molecule has 0 aliphatic carbocycles. The number of nitrogens with one attached hydrogen (secondary N) is 1. The van der Waals surface area contributed by atoms with Crippen molar-refractivity contribution >= 4 is 39.8 Å². The molecule has 1 fully saturated rings. The smallest absolute Gasteiger partial charge is 0.272 e. The lowest BCUT2D eigenvalue weighted by atomic mass is 10.0. The molecule has 0 spiro atoms. The summed E-state index contributed by atoms with van der Waals surface area (Å²) in [5, 5.41) is 7.99.